The quantitative estimate of drug-likeness (QED) is 0.449. The molecule has 124 valence electrons. The zero-order chi connectivity index (χ0) is 16.1. The molecule has 0 spiro atoms. The number of hydrogen-bond donors (Lipinski definition) is 0. The summed E-state index contributed by atoms with van der Waals surface area (Å²) in [5.41, 5.74) is 3.88. The van der Waals surface area contributed by atoms with Crippen LogP contribution in [0.15, 0.2) is 30.3 Å². The molecule has 2 rings (SSSR count). The number of Topliss-reactive ketones (excluding diaryl/α,β-unsaturated/α-hetero) is 1. The Morgan fingerprint density at radius 2 is 1.96 bits per heavy atom. The van der Waals surface area contributed by atoms with Crippen LogP contribution < -0.4 is 0 Å². The molecule has 2 aromatic rings. The van der Waals surface area contributed by atoms with Gasteiger partial charge in [-0.15, -0.1) is 12.1 Å². The summed E-state index contributed by atoms with van der Waals surface area (Å²) in [6, 6.07) is 12.8. The molecule has 0 aliphatic carbocycles. The zero-order valence-corrected chi connectivity index (χ0v) is 17.1. The third-order valence-electron chi connectivity index (χ3n) is 3.78. The maximum atomic E-state index is 12.5. The first-order chi connectivity index (χ1) is 10.5. The van der Waals surface area contributed by atoms with Crippen LogP contribution in [-0.2, 0) is 25.8 Å². The van der Waals surface area contributed by atoms with Crippen molar-refractivity contribution >= 4 is 5.78 Å². The third kappa shape index (κ3) is 4.87. The Kier molecular flexibility index (Phi) is 7.90. The van der Waals surface area contributed by atoms with E-state index in [-0.39, 0.29) is 26.8 Å². The Hall–Kier alpha value is -1.22. The topological polar surface area (TPSA) is 34.5 Å². The second-order valence-electron chi connectivity index (χ2n) is 5.53. The first-order valence-corrected chi connectivity index (χ1v) is 7.40. The largest absolute Gasteiger partial charge is 0.383 e. The molecule has 0 atom stereocenters. The van der Waals surface area contributed by atoms with Crippen LogP contribution in [0.3, 0.4) is 0 Å². The van der Waals surface area contributed by atoms with Crippen LogP contribution >= 0.6 is 0 Å². The molecule has 0 unspecified atom stereocenters. The Balaban J connectivity index is 0.00000264. The van der Waals surface area contributed by atoms with Gasteiger partial charge in [0.05, 0.1) is 13.2 Å². The predicted octanol–water partition coefficient (Wildman–Crippen LogP) is 2.65. The number of rotatable bonds is 7. The summed E-state index contributed by atoms with van der Waals surface area (Å²) in [5, 5.41) is 0. The van der Waals surface area contributed by atoms with Crippen molar-refractivity contribution in [2.45, 2.75) is 13.8 Å². The van der Waals surface area contributed by atoms with E-state index in [1.54, 1.807) is 7.11 Å². The fourth-order valence-electron chi connectivity index (χ4n) is 2.63. The summed E-state index contributed by atoms with van der Waals surface area (Å²) in [6.07, 6.45) is 0. The van der Waals surface area contributed by atoms with Crippen LogP contribution in [0.2, 0.25) is 0 Å². The molecular formula is C18H23N2O2W-. The van der Waals surface area contributed by atoms with Gasteiger partial charge < -0.3 is 9.30 Å². The molecular weight excluding hydrogens is 460 g/mol. The van der Waals surface area contributed by atoms with E-state index in [9.17, 15) is 4.79 Å². The number of nitrogens with zero attached hydrogens (tertiary/aromatic N) is 2. The van der Waals surface area contributed by atoms with Gasteiger partial charge in [-0.3, -0.25) is 9.69 Å². The van der Waals surface area contributed by atoms with Gasteiger partial charge in [-0.25, -0.2) is 0 Å². The number of likely N-dealkylation sites (N-methyl/N-ethyl adjacent to an activating group) is 1. The first-order valence-electron chi connectivity index (χ1n) is 7.40. The van der Waals surface area contributed by atoms with Crippen molar-refractivity contribution in [2.75, 3.05) is 33.9 Å². The molecule has 0 fully saturated rings. The molecule has 23 heavy (non-hydrogen) atoms. The van der Waals surface area contributed by atoms with Gasteiger partial charge in [0, 0.05) is 51.7 Å². The second-order valence-corrected chi connectivity index (χ2v) is 5.53. The molecule has 1 aromatic heterocycles. The summed E-state index contributed by atoms with van der Waals surface area (Å²) in [6.45, 7) is 5.79. The van der Waals surface area contributed by atoms with E-state index in [4.69, 9.17) is 4.74 Å². The summed E-state index contributed by atoms with van der Waals surface area (Å²) in [7, 11) is 3.60. The molecule has 1 heterocycles. The van der Waals surface area contributed by atoms with Crippen LogP contribution in [0.4, 0.5) is 0 Å². The smallest absolute Gasteiger partial charge is 0.178 e. The van der Waals surface area contributed by atoms with Gasteiger partial charge in [-0.2, -0.15) is 18.2 Å². The van der Waals surface area contributed by atoms with Crippen molar-refractivity contribution in [1.29, 1.82) is 0 Å². The molecule has 0 saturated carbocycles. The van der Waals surface area contributed by atoms with Crippen molar-refractivity contribution in [3.8, 4) is 5.69 Å². The van der Waals surface area contributed by atoms with Crippen LogP contribution in [0, 0.1) is 19.9 Å². The Morgan fingerprint density at radius 3 is 2.57 bits per heavy atom. The van der Waals surface area contributed by atoms with Crippen LogP contribution in [0.5, 0.6) is 0 Å². The molecule has 1 aromatic carbocycles. The molecule has 0 aliphatic rings. The van der Waals surface area contributed by atoms with E-state index in [2.05, 4.69) is 10.6 Å². The number of carbonyl (C=O) groups excluding carboxylic acids is 1. The van der Waals surface area contributed by atoms with Crippen LogP contribution in [-0.4, -0.2) is 49.1 Å². The van der Waals surface area contributed by atoms with Crippen molar-refractivity contribution in [1.82, 2.24) is 9.47 Å². The second kappa shape index (κ2) is 9.17. The normalized spacial score (nSPS) is 10.7. The third-order valence-corrected chi connectivity index (χ3v) is 3.78. The summed E-state index contributed by atoms with van der Waals surface area (Å²) in [4.78, 5) is 14.5. The van der Waals surface area contributed by atoms with Crippen molar-refractivity contribution in [3.05, 3.63) is 53.3 Å². The average molecular weight is 483 g/mol. The Morgan fingerprint density at radius 1 is 1.30 bits per heavy atom. The van der Waals surface area contributed by atoms with Crippen molar-refractivity contribution in [2.24, 2.45) is 0 Å². The SMILES string of the molecule is COCCN(C)CC(=O)c1cc(C)n(-c2cc[c-]cc2)c1C.[W]. The van der Waals surface area contributed by atoms with E-state index in [0.717, 1.165) is 29.2 Å². The molecule has 5 heteroatoms. The molecule has 0 radical (unpaired) electrons. The summed E-state index contributed by atoms with van der Waals surface area (Å²) >= 11 is 0. The number of hydrogen-bond acceptors (Lipinski definition) is 3. The van der Waals surface area contributed by atoms with Gasteiger partial charge in [0.1, 0.15) is 0 Å². The Bertz CT molecular complexity index is 638. The first kappa shape index (κ1) is 19.8. The molecule has 0 aliphatic heterocycles. The van der Waals surface area contributed by atoms with E-state index in [1.807, 2.05) is 56.1 Å². The maximum absolute atomic E-state index is 12.5. The monoisotopic (exact) mass is 483 g/mol. The van der Waals surface area contributed by atoms with Gasteiger partial charge in [-0.1, -0.05) is 5.69 Å². The van der Waals surface area contributed by atoms with Gasteiger partial charge in [0.15, 0.2) is 5.78 Å². The van der Waals surface area contributed by atoms with Crippen LogP contribution in [0.1, 0.15) is 21.7 Å². The number of carbonyl (C=O) groups is 1. The minimum absolute atomic E-state index is 0. The minimum atomic E-state index is 0. The van der Waals surface area contributed by atoms with Crippen molar-refractivity contribution in [3.63, 3.8) is 0 Å². The molecule has 0 amide bonds. The molecule has 0 bridgehead atoms. The number of aryl methyl sites for hydroxylation is 1. The van der Waals surface area contributed by atoms with E-state index in [1.165, 1.54) is 0 Å². The zero-order valence-electron chi connectivity index (χ0n) is 14.1. The standard InChI is InChI=1S/C18H23N2O2.W/c1-14-12-17(18(21)13-19(3)10-11-22-4)15(2)20(14)16-8-6-5-7-9-16;/h6-9,12H,10-11,13H2,1-4H3;/q-1;. The number of benzene rings is 1. The number of ether oxygens (including phenoxy) is 1. The number of ketones is 1. The van der Waals surface area contributed by atoms with Crippen molar-refractivity contribution < 1.29 is 30.6 Å². The maximum Gasteiger partial charge on any atom is 0.178 e. The fourth-order valence-corrected chi connectivity index (χ4v) is 2.63. The number of methoxy groups -OCH3 is 1. The van der Waals surface area contributed by atoms with Gasteiger partial charge >= 0.3 is 0 Å². The summed E-state index contributed by atoms with van der Waals surface area (Å²) < 4.78 is 7.15. The van der Waals surface area contributed by atoms with Crippen LogP contribution in [0.25, 0.3) is 5.69 Å². The fraction of sp³-hybridized carbons (Fsp3) is 0.389. The van der Waals surface area contributed by atoms with E-state index in [0.29, 0.717) is 13.2 Å². The number of aromatic nitrogens is 1. The molecule has 0 saturated heterocycles. The molecule has 0 N–H and O–H groups in total. The predicted molar refractivity (Wildman–Crippen MR) is 87.8 cm³/mol. The minimum Gasteiger partial charge on any atom is -0.383 e. The van der Waals surface area contributed by atoms with Gasteiger partial charge in [-0.05, 0) is 27.0 Å². The van der Waals surface area contributed by atoms with E-state index < -0.39 is 0 Å². The summed E-state index contributed by atoms with van der Waals surface area (Å²) in [5.74, 6) is 0.139. The average Bonchev–Trinajstić information content (AvgIpc) is 2.81. The van der Waals surface area contributed by atoms with Gasteiger partial charge in [0.2, 0.25) is 0 Å². The Labute approximate surface area is 152 Å². The van der Waals surface area contributed by atoms with E-state index >= 15 is 0 Å². The van der Waals surface area contributed by atoms with Gasteiger partial charge in [0.25, 0.3) is 0 Å². The molecule has 4 nitrogen and oxygen atoms in total.